The molecule has 0 aromatic rings. The third-order valence-corrected chi connectivity index (χ3v) is 2.17. The fraction of sp³-hybridized carbons (Fsp3) is 1.00. The highest BCUT2D eigenvalue weighted by molar-refractivity contribution is 4.79. The molecule has 0 spiro atoms. The van der Waals surface area contributed by atoms with E-state index in [1.807, 2.05) is 6.92 Å². The molecule has 9 heavy (non-hydrogen) atoms. The van der Waals surface area contributed by atoms with E-state index in [1.54, 1.807) is 0 Å². The van der Waals surface area contributed by atoms with Crippen molar-refractivity contribution in [2.45, 2.75) is 38.4 Å². The van der Waals surface area contributed by atoms with Crippen LogP contribution in [0.15, 0.2) is 0 Å². The summed E-state index contributed by atoms with van der Waals surface area (Å²) >= 11 is 0. The zero-order valence-corrected chi connectivity index (χ0v) is 5.81. The van der Waals surface area contributed by atoms with Crippen LogP contribution < -0.4 is 5.73 Å². The zero-order valence-electron chi connectivity index (χ0n) is 5.81. The van der Waals surface area contributed by atoms with Crippen LogP contribution >= 0.6 is 0 Å². The van der Waals surface area contributed by atoms with E-state index >= 15 is 0 Å². The van der Waals surface area contributed by atoms with Crippen molar-refractivity contribution in [3.05, 3.63) is 0 Å². The SMILES string of the molecule is CC1CC(F)CCC1N. The van der Waals surface area contributed by atoms with Crippen LogP contribution in [0.2, 0.25) is 0 Å². The van der Waals surface area contributed by atoms with Gasteiger partial charge in [-0.25, -0.2) is 4.39 Å². The minimum atomic E-state index is -0.584. The van der Waals surface area contributed by atoms with E-state index in [0.29, 0.717) is 18.8 Å². The van der Waals surface area contributed by atoms with Crippen molar-refractivity contribution in [1.29, 1.82) is 0 Å². The second-order valence-corrected chi connectivity index (χ2v) is 3.05. The zero-order chi connectivity index (χ0) is 6.85. The summed E-state index contributed by atoms with van der Waals surface area (Å²) in [4.78, 5) is 0. The molecule has 1 aliphatic rings. The Morgan fingerprint density at radius 2 is 2.11 bits per heavy atom. The summed E-state index contributed by atoms with van der Waals surface area (Å²) in [5.41, 5.74) is 5.67. The van der Waals surface area contributed by atoms with Gasteiger partial charge < -0.3 is 5.73 Å². The summed E-state index contributed by atoms with van der Waals surface area (Å²) in [6.45, 7) is 2.02. The molecule has 1 fully saturated rings. The van der Waals surface area contributed by atoms with Gasteiger partial charge in [-0.2, -0.15) is 0 Å². The van der Waals surface area contributed by atoms with Crippen LogP contribution in [0, 0.1) is 5.92 Å². The van der Waals surface area contributed by atoms with Gasteiger partial charge in [0.25, 0.3) is 0 Å². The number of hydrogen-bond donors (Lipinski definition) is 1. The van der Waals surface area contributed by atoms with Crippen LogP contribution in [0.25, 0.3) is 0 Å². The van der Waals surface area contributed by atoms with E-state index in [0.717, 1.165) is 6.42 Å². The normalized spacial score (nSPS) is 45.0. The van der Waals surface area contributed by atoms with Gasteiger partial charge in [-0.05, 0) is 25.2 Å². The molecule has 0 aliphatic heterocycles. The van der Waals surface area contributed by atoms with Gasteiger partial charge in [-0.3, -0.25) is 0 Å². The third-order valence-electron chi connectivity index (χ3n) is 2.17. The van der Waals surface area contributed by atoms with E-state index in [1.165, 1.54) is 0 Å². The first-order valence-electron chi connectivity index (χ1n) is 3.60. The molecule has 3 unspecified atom stereocenters. The second kappa shape index (κ2) is 2.65. The first kappa shape index (κ1) is 7.00. The first-order chi connectivity index (χ1) is 4.20. The highest BCUT2D eigenvalue weighted by Gasteiger charge is 2.23. The van der Waals surface area contributed by atoms with Gasteiger partial charge in [-0.1, -0.05) is 6.92 Å². The average molecular weight is 131 g/mol. The average Bonchev–Trinajstić information content (AvgIpc) is 1.80. The highest BCUT2D eigenvalue weighted by atomic mass is 19.1. The van der Waals surface area contributed by atoms with Gasteiger partial charge in [0.15, 0.2) is 0 Å². The van der Waals surface area contributed by atoms with E-state index in [2.05, 4.69) is 0 Å². The molecular formula is C7H14FN. The molecule has 0 bridgehead atoms. The summed E-state index contributed by atoms with van der Waals surface area (Å²) in [5, 5.41) is 0. The van der Waals surface area contributed by atoms with Gasteiger partial charge in [0.2, 0.25) is 0 Å². The Morgan fingerprint density at radius 3 is 2.56 bits per heavy atom. The van der Waals surface area contributed by atoms with Crippen LogP contribution in [-0.4, -0.2) is 12.2 Å². The summed E-state index contributed by atoms with van der Waals surface area (Å²) < 4.78 is 12.6. The molecule has 54 valence electrons. The van der Waals surface area contributed by atoms with Crippen LogP contribution in [0.5, 0.6) is 0 Å². The Kier molecular flexibility index (Phi) is 2.06. The molecule has 1 nitrogen and oxygen atoms in total. The van der Waals surface area contributed by atoms with E-state index in [9.17, 15) is 4.39 Å². The van der Waals surface area contributed by atoms with Crippen molar-refractivity contribution >= 4 is 0 Å². The molecule has 0 aromatic carbocycles. The van der Waals surface area contributed by atoms with Crippen LogP contribution in [0.4, 0.5) is 4.39 Å². The molecule has 1 aliphatic carbocycles. The van der Waals surface area contributed by atoms with Gasteiger partial charge in [0.1, 0.15) is 6.17 Å². The van der Waals surface area contributed by atoms with Crippen molar-refractivity contribution in [3.63, 3.8) is 0 Å². The number of rotatable bonds is 0. The van der Waals surface area contributed by atoms with Gasteiger partial charge in [-0.15, -0.1) is 0 Å². The summed E-state index contributed by atoms with van der Waals surface area (Å²) in [6.07, 6.45) is 1.62. The van der Waals surface area contributed by atoms with Crippen LogP contribution in [0.3, 0.4) is 0 Å². The maximum Gasteiger partial charge on any atom is 0.100 e. The van der Waals surface area contributed by atoms with Crippen molar-refractivity contribution < 1.29 is 4.39 Å². The molecule has 3 atom stereocenters. The molecular weight excluding hydrogens is 117 g/mol. The van der Waals surface area contributed by atoms with Crippen LogP contribution in [-0.2, 0) is 0 Å². The Balaban J connectivity index is 2.35. The lowest BCUT2D eigenvalue weighted by Crippen LogP contribution is -2.34. The quantitative estimate of drug-likeness (QED) is 0.529. The fourth-order valence-corrected chi connectivity index (χ4v) is 1.35. The molecule has 1 rings (SSSR count). The fourth-order valence-electron chi connectivity index (χ4n) is 1.35. The number of halogens is 1. The number of alkyl halides is 1. The summed E-state index contributed by atoms with van der Waals surface area (Å²) in [6, 6.07) is 0.247. The number of hydrogen-bond acceptors (Lipinski definition) is 1. The number of nitrogens with two attached hydrogens (primary N) is 1. The standard InChI is InChI=1S/C7H14FN/c1-5-4-6(8)2-3-7(5)9/h5-7H,2-4,9H2,1H3. The third kappa shape index (κ3) is 1.65. The molecule has 2 N–H and O–H groups in total. The van der Waals surface area contributed by atoms with E-state index in [4.69, 9.17) is 5.73 Å². The Bertz CT molecular complexity index is 94.9. The molecule has 0 aromatic heterocycles. The molecule has 0 amide bonds. The first-order valence-corrected chi connectivity index (χ1v) is 3.60. The van der Waals surface area contributed by atoms with Gasteiger partial charge >= 0.3 is 0 Å². The molecule has 1 saturated carbocycles. The largest absolute Gasteiger partial charge is 0.327 e. The second-order valence-electron chi connectivity index (χ2n) is 3.05. The monoisotopic (exact) mass is 131 g/mol. The molecule has 2 heteroatoms. The molecule has 0 radical (unpaired) electrons. The summed E-state index contributed by atoms with van der Waals surface area (Å²) in [5.74, 6) is 0.383. The van der Waals surface area contributed by atoms with Crippen molar-refractivity contribution in [2.75, 3.05) is 0 Å². The predicted octanol–water partition coefficient (Wildman–Crippen LogP) is 1.47. The van der Waals surface area contributed by atoms with Crippen molar-refractivity contribution in [3.8, 4) is 0 Å². The minimum Gasteiger partial charge on any atom is -0.327 e. The summed E-state index contributed by atoms with van der Waals surface area (Å²) in [7, 11) is 0. The van der Waals surface area contributed by atoms with E-state index < -0.39 is 6.17 Å². The van der Waals surface area contributed by atoms with Gasteiger partial charge in [0, 0.05) is 6.04 Å². The molecule has 0 saturated heterocycles. The Morgan fingerprint density at radius 1 is 1.44 bits per heavy atom. The lowest BCUT2D eigenvalue weighted by Gasteiger charge is -2.27. The van der Waals surface area contributed by atoms with Crippen LogP contribution in [0.1, 0.15) is 26.2 Å². The maximum atomic E-state index is 12.6. The van der Waals surface area contributed by atoms with Gasteiger partial charge in [0.05, 0.1) is 0 Å². The lowest BCUT2D eigenvalue weighted by atomic mass is 9.85. The maximum absolute atomic E-state index is 12.6. The predicted molar refractivity (Wildman–Crippen MR) is 35.9 cm³/mol. The Labute approximate surface area is 55.4 Å². The van der Waals surface area contributed by atoms with Crippen molar-refractivity contribution in [1.82, 2.24) is 0 Å². The smallest absolute Gasteiger partial charge is 0.100 e. The topological polar surface area (TPSA) is 26.0 Å². The Hall–Kier alpha value is -0.110. The highest BCUT2D eigenvalue weighted by Crippen LogP contribution is 2.24. The lowest BCUT2D eigenvalue weighted by molar-refractivity contribution is 0.188. The van der Waals surface area contributed by atoms with Crippen molar-refractivity contribution in [2.24, 2.45) is 11.7 Å². The van der Waals surface area contributed by atoms with E-state index in [-0.39, 0.29) is 6.04 Å². The molecule has 0 heterocycles. The minimum absolute atomic E-state index is 0.247.